The van der Waals surface area contributed by atoms with Gasteiger partial charge in [0.1, 0.15) is 5.54 Å². The molecule has 210 valence electrons. The first-order valence-electron chi connectivity index (χ1n) is 13.4. The fourth-order valence-corrected chi connectivity index (χ4v) is 4.77. The van der Waals surface area contributed by atoms with Gasteiger partial charge < -0.3 is 24.7 Å². The summed E-state index contributed by atoms with van der Waals surface area (Å²) in [6.07, 6.45) is 6.83. The molecule has 0 saturated heterocycles. The van der Waals surface area contributed by atoms with Crippen LogP contribution in [0.5, 0.6) is 0 Å². The number of amides is 3. The van der Waals surface area contributed by atoms with Crippen molar-refractivity contribution in [3.63, 3.8) is 0 Å². The second kappa shape index (κ2) is 12.6. The van der Waals surface area contributed by atoms with Gasteiger partial charge in [0.2, 0.25) is 5.91 Å². The average molecular weight is 546 g/mol. The maximum absolute atomic E-state index is 13.2. The van der Waals surface area contributed by atoms with Crippen LogP contribution in [0.3, 0.4) is 0 Å². The molecule has 40 heavy (non-hydrogen) atoms. The van der Waals surface area contributed by atoms with Crippen LogP contribution in [0.4, 0.5) is 5.69 Å². The highest BCUT2D eigenvalue weighted by atomic mass is 16.5. The molecule has 0 aliphatic heterocycles. The van der Waals surface area contributed by atoms with Gasteiger partial charge in [-0.1, -0.05) is 31.4 Å². The summed E-state index contributed by atoms with van der Waals surface area (Å²) in [7, 11) is 1.29. The fourth-order valence-electron chi connectivity index (χ4n) is 4.77. The van der Waals surface area contributed by atoms with Crippen molar-refractivity contribution >= 4 is 29.4 Å². The minimum absolute atomic E-state index is 0.119. The van der Waals surface area contributed by atoms with Crippen LogP contribution in [0.25, 0.3) is 0 Å². The summed E-state index contributed by atoms with van der Waals surface area (Å²) in [6.45, 7) is 3.66. The Morgan fingerprint density at radius 3 is 2.17 bits per heavy atom. The highest BCUT2D eigenvalue weighted by Gasteiger charge is 2.31. The van der Waals surface area contributed by atoms with Crippen LogP contribution in [0.1, 0.15) is 82.8 Å². The van der Waals surface area contributed by atoms with Crippen LogP contribution in [0.15, 0.2) is 71.3 Å². The molecule has 9 nitrogen and oxygen atoms in total. The molecule has 0 spiro atoms. The number of anilines is 1. The number of hydrogen-bond acceptors (Lipinski definition) is 6. The fraction of sp³-hybridized carbons (Fsp3) is 0.355. The number of hydrogen-bond donors (Lipinski definition) is 2. The molecule has 0 unspecified atom stereocenters. The molecule has 0 radical (unpaired) electrons. The molecule has 0 atom stereocenters. The SMILES string of the molecule is COC(=O)c1ccc(C(=O)NC(C)(C)C(=O)Nc2ccc(CN(C(=O)c3ccco3)C3CCCCC3)cc2)cc1. The van der Waals surface area contributed by atoms with Crippen LogP contribution in [-0.4, -0.2) is 47.3 Å². The first-order valence-corrected chi connectivity index (χ1v) is 13.4. The Bertz CT molecular complexity index is 1320. The molecule has 1 fully saturated rings. The van der Waals surface area contributed by atoms with Crippen LogP contribution >= 0.6 is 0 Å². The number of benzene rings is 2. The van der Waals surface area contributed by atoms with Crippen molar-refractivity contribution in [3.05, 3.63) is 89.4 Å². The van der Waals surface area contributed by atoms with Crippen LogP contribution in [-0.2, 0) is 16.1 Å². The Kier molecular flexibility index (Phi) is 9.04. The van der Waals surface area contributed by atoms with E-state index in [4.69, 9.17) is 4.42 Å². The number of methoxy groups -OCH3 is 1. The van der Waals surface area contributed by atoms with Gasteiger partial charge in [-0.25, -0.2) is 4.79 Å². The van der Waals surface area contributed by atoms with E-state index in [0.717, 1.165) is 31.2 Å². The van der Waals surface area contributed by atoms with Gasteiger partial charge in [-0.3, -0.25) is 14.4 Å². The minimum atomic E-state index is -1.22. The van der Waals surface area contributed by atoms with Crippen molar-refractivity contribution in [1.29, 1.82) is 0 Å². The summed E-state index contributed by atoms with van der Waals surface area (Å²) in [5, 5.41) is 5.58. The third-order valence-corrected chi connectivity index (χ3v) is 7.13. The number of carbonyl (C=O) groups excluding carboxylic acids is 4. The molecule has 3 amide bonds. The number of nitrogens with one attached hydrogen (secondary N) is 2. The Morgan fingerprint density at radius 2 is 1.57 bits per heavy atom. The van der Waals surface area contributed by atoms with Gasteiger partial charge in [0.25, 0.3) is 11.8 Å². The third kappa shape index (κ3) is 6.97. The monoisotopic (exact) mass is 545 g/mol. The third-order valence-electron chi connectivity index (χ3n) is 7.13. The average Bonchev–Trinajstić information content (AvgIpc) is 3.51. The van der Waals surface area contributed by atoms with Crippen LogP contribution < -0.4 is 10.6 Å². The second-order valence-electron chi connectivity index (χ2n) is 10.5. The predicted molar refractivity (Wildman–Crippen MR) is 150 cm³/mol. The molecule has 1 aliphatic carbocycles. The zero-order valence-electron chi connectivity index (χ0n) is 23.1. The molecule has 2 aromatic carbocycles. The van der Waals surface area contributed by atoms with Crippen molar-refractivity contribution in [2.45, 2.75) is 64.1 Å². The number of ether oxygens (including phenoxy) is 1. The molecule has 0 bridgehead atoms. The number of rotatable bonds is 9. The maximum atomic E-state index is 13.2. The normalized spacial score (nSPS) is 13.8. The highest BCUT2D eigenvalue weighted by Crippen LogP contribution is 2.26. The van der Waals surface area contributed by atoms with Gasteiger partial charge in [0, 0.05) is 23.8 Å². The van der Waals surface area contributed by atoms with Gasteiger partial charge in [-0.05, 0) is 80.8 Å². The molecular formula is C31H35N3O6. The smallest absolute Gasteiger partial charge is 0.337 e. The Hall–Kier alpha value is -4.40. The predicted octanol–water partition coefficient (Wildman–Crippen LogP) is 5.19. The van der Waals surface area contributed by atoms with Gasteiger partial charge >= 0.3 is 5.97 Å². The van der Waals surface area contributed by atoms with Crippen LogP contribution in [0.2, 0.25) is 0 Å². The van der Waals surface area contributed by atoms with E-state index >= 15 is 0 Å². The molecule has 1 saturated carbocycles. The van der Waals surface area contributed by atoms with Gasteiger partial charge in [0.15, 0.2) is 5.76 Å². The van der Waals surface area contributed by atoms with E-state index in [-0.39, 0.29) is 11.9 Å². The minimum Gasteiger partial charge on any atom is -0.465 e. The van der Waals surface area contributed by atoms with Crippen molar-refractivity contribution in [2.75, 3.05) is 12.4 Å². The first kappa shape index (κ1) is 28.6. The molecule has 1 aromatic heterocycles. The van der Waals surface area contributed by atoms with Crippen molar-refractivity contribution < 1.29 is 28.3 Å². The van der Waals surface area contributed by atoms with E-state index in [2.05, 4.69) is 15.4 Å². The van der Waals surface area contributed by atoms with E-state index in [9.17, 15) is 19.2 Å². The van der Waals surface area contributed by atoms with Gasteiger partial charge in [-0.2, -0.15) is 0 Å². The maximum Gasteiger partial charge on any atom is 0.337 e. The molecular weight excluding hydrogens is 510 g/mol. The molecule has 3 aromatic rings. The number of furan rings is 1. The van der Waals surface area contributed by atoms with E-state index in [1.165, 1.54) is 44.1 Å². The zero-order chi connectivity index (χ0) is 28.7. The largest absolute Gasteiger partial charge is 0.465 e. The van der Waals surface area contributed by atoms with Gasteiger partial charge in [-0.15, -0.1) is 0 Å². The Morgan fingerprint density at radius 1 is 0.925 bits per heavy atom. The van der Waals surface area contributed by atoms with Crippen molar-refractivity contribution in [1.82, 2.24) is 10.2 Å². The van der Waals surface area contributed by atoms with E-state index < -0.39 is 23.3 Å². The highest BCUT2D eigenvalue weighted by molar-refractivity contribution is 6.03. The lowest BCUT2D eigenvalue weighted by Crippen LogP contribution is -2.52. The lowest BCUT2D eigenvalue weighted by atomic mass is 9.93. The first-order chi connectivity index (χ1) is 19.2. The molecule has 2 N–H and O–H groups in total. The summed E-state index contributed by atoms with van der Waals surface area (Å²) < 4.78 is 10.1. The molecule has 1 heterocycles. The number of nitrogens with zero attached hydrogens (tertiary/aromatic N) is 1. The summed E-state index contributed by atoms with van der Waals surface area (Å²) in [6, 6.07) is 16.9. The molecule has 1 aliphatic rings. The van der Waals surface area contributed by atoms with Crippen LogP contribution in [0, 0.1) is 0 Å². The summed E-state index contributed by atoms with van der Waals surface area (Å²) in [4.78, 5) is 52.5. The topological polar surface area (TPSA) is 118 Å². The number of carbonyl (C=O) groups is 4. The Labute approximate surface area is 233 Å². The van der Waals surface area contributed by atoms with E-state index in [0.29, 0.717) is 29.1 Å². The molecule has 9 heteroatoms. The quantitative estimate of drug-likeness (QED) is 0.358. The Balaban J connectivity index is 1.38. The van der Waals surface area contributed by atoms with E-state index in [1.54, 1.807) is 38.1 Å². The van der Waals surface area contributed by atoms with Crippen molar-refractivity contribution in [2.24, 2.45) is 0 Å². The summed E-state index contributed by atoms with van der Waals surface area (Å²) in [5.74, 6) is -1.12. The lowest BCUT2D eigenvalue weighted by molar-refractivity contribution is -0.120. The zero-order valence-corrected chi connectivity index (χ0v) is 23.1. The van der Waals surface area contributed by atoms with Crippen molar-refractivity contribution in [3.8, 4) is 0 Å². The second-order valence-corrected chi connectivity index (χ2v) is 10.5. The van der Waals surface area contributed by atoms with Gasteiger partial charge in [0.05, 0.1) is 18.9 Å². The number of esters is 1. The lowest BCUT2D eigenvalue weighted by Gasteiger charge is -2.34. The standard InChI is InChI=1S/C31H35N3O6/c1-31(2,33-27(35)22-13-15-23(16-14-22)29(37)39-3)30(38)32-24-17-11-21(12-18-24)20-34(25-8-5-4-6-9-25)28(36)26-10-7-19-40-26/h7,10-19,25H,4-6,8-9,20H2,1-3H3,(H,32,38)(H,33,35). The summed E-state index contributed by atoms with van der Waals surface area (Å²) in [5.41, 5.74) is 0.923. The summed E-state index contributed by atoms with van der Waals surface area (Å²) >= 11 is 0. The van der Waals surface area contributed by atoms with E-state index in [1.807, 2.05) is 17.0 Å². The molecule has 4 rings (SSSR count).